The van der Waals surface area contributed by atoms with Crippen molar-refractivity contribution in [2.45, 2.75) is 44.4 Å². The van der Waals surface area contributed by atoms with Crippen molar-refractivity contribution in [2.24, 2.45) is 0 Å². The number of nitrogens with one attached hydrogen (secondary N) is 2. The van der Waals surface area contributed by atoms with E-state index in [4.69, 9.17) is 0 Å². The highest BCUT2D eigenvalue weighted by molar-refractivity contribution is 7.99. The van der Waals surface area contributed by atoms with Crippen LogP contribution in [-0.2, 0) is 0 Å². The zero-order chi connectivity index (χ0) is 14.5. The van der Waals surface area contributed by atoms with Crippen molar-refractivity contribution in [3.05, 3.63) is 29.3 Å². The quantitative estimate of drug-likeness (QED) is 0.873. The Bertz CT molecular complexity index is 476. The molecule has 2 N–H and O–H groups in total. The summed E-state index contributed by atoms with van der Waals surface area (Å²) >= 11 is 1.87. The number of hydrogen-bond donors (Lipinski definition) is 2. The number of anilines is 1. The van der Waals surface area contributed by atoms with Gasteiger partial charge < -0.3 is 10.6 Å². The van der Waals surface area contributed by atoms with Crippen LogP contribution in [0.15, 0.2) is 18.2 Å². The Morgan fingerprint density at radius 3 is 2.85 bits per heavy atom. The predicted molar refractivity (Wildman–Crippen MR) is 87.8 cm³/mol. The molecular formula is C16H24N2OS. The van der Waals surface area contributed by atoms with Crippen molar-refractivity contribution in [3.8, 4) is 0 Å². The van der Waals surface area contributed by atoms with E-state index < -0.39 is 0 Å². The number of hydrogen-bond acceptors (Lipinski definition) is 3. The van der Waals surface area contributed by atoms with Gasteiger partial charge in [-0.15, -0.1) is 0 Å². The zero-order valence-corrected chi connectivity index (χ0v) is 13.3. The lowest BCUT2D eigenvalue weighted by molar-refractivity contribution is 0.0938. The molecule has 0 spiro atoms. The maximum atomic E-state index is 12.3. The Morgan fingerprint density at radius 2 is 2.20 bits per heavy atom. The Morgan fingerprint density at radius 1 is 1.40 bits per heavy atom. The maximum Gasteiger partial charge on any atom is 0.251 e. The van der Waals surface area contributed by atoms with E-state index in [1.165, 1.54) is 12.8 Å². The Labute approximate surface area is 125 Å². The molecule has 0 heterocycles. The molecule has 1 aliphatic carbocycles. The summed E-state index contributed by atoms with van der Waals surface area (Å²) in [5.41, 5.74) is 2.98. The smallest absolute Gasteiger partial charge is 0.251 e. The van der Waals surface area contributed by atoms with Crippen molar-refractivity contribution in [1.82, 2.24) is 5.32 Å². The molecule has 0 radical (unpaired) electrons. The molecule has 0 aromatic heterocycles. The maximum absolute atomic E-state index is 12.3. The molecule has 3 nitrogen and oxygen atoms in total. The molecule has 1 aromatic rings. The van der Waals surface area contributed by atoms with Gasteiger partial charge in [0, 0.05) is 29.1 Å². The third kappa shape index (κ3) is 3.48. The van der Waals surface area contributed by atoms with Gasteiger partial charge in [-0.1, -0.05) is 6.42 Å². The van der Waals surface area contributed by atoms with Gasteiger partial charge in [0.2, 0.25) is 0 Å². The minimum Gasteiger partial charge on any atom is -0.385 e. The first-order valence-corrected chi connectivity index (χ1v) is 8.62. The van der Waals surface area contributed by atoms with Crippen molar-refractivity contribution in [3.63, 3.8) is 0 Å². The normalized spacial score (nSPS) is 21.8. The molecule has 2 unspecified atom stereocenters. The van der Waals surface area contributed by atoms with Gasteiger partial charge in [0.05, 0.1) is 0 Å². The highest BCUT2D eigenvalue weighted by atomic mass is 32.2. The lowest BCUT2D eigenvalue weighted by Gasteiger charge is -2.19. The minimum atomic E-state index is 0.0575. The number of thioether (sulfide) groups is 1. The molecule has 1 aliphatic rings. The van der Waals surface area contributed by atoms with Gasteiger partial charge in [0.25, 0.3) is 5.91 Å². The fourth-order valence-corrected chi connectivity index (χ4v) is 3.75. The van der Waals surface area contributed by atoms with E-state index in [-0.39, 0.29) is 5.91 Å². The van der Waals surface area contributed by atoms with Gasteiger partial charge in [-0.25, -0.2) is 0 Å². The standard InChI is InChI=1S/C16H24N2OS/c1-4-17-13-9-8-12(10-11(13)2)16(19)18-14-6-5-7-15(14)20-3/h8-10,14-15,17H,4-7H2,1-3H3,(H,18,19). The number of carbonyl (C=O) groups excluding carboxylic acids is 1. The van der Waals surface area contributed by atoms with E-state index in [0.717, 1.165) is 29.8 Å². The molecule has 20 heavy (non-hydrogen) atoms. The summed E-state index contributed by atoms with van der Waals surface area (Å²) in [6, 6.07) is 6.19. The summed E-state index contributed by atoms with van der Waals surface area (Å²) < 4.78 is 0. The van der Waals surface area contributed by atoms with E-state index in [1.54, 1.807) is 0 Å². The number of carbonyl (C=O) groups is 1. The summed E-state index contributed by atoms with van der Waals surface area (Å²) in [6.45, 7) is 5.00. The lowest BCUT2D eigenvalue weighted by Crippen LogP contribution is -2.38. The average molecular weight is 292 g/mol. The van der Waals surface area contributed by atoms with Crippen LogP contribution in [0, 0.1) is 6.92 Å². The van der Waals surface area contributed by atoms with Gasteiger partial charge in [0.1, 0.15) is 0 Å². The fourth-order valence-electron chi connectivity index (χ4n) is 2.82. The molecule has 110 valence electrons. The van der Waals surface area contributed by atoms with Gasteiger partial charge in [-0.3, -0.25) is 4.79 Å². The first-order valence-electron chi connectivity index (χ1n) is 7.34. The van der Waals surface area contributed by atoms with Crippen molar-refractivity contribution < 1.29 is 4.79 Å². The van der Waals surface area contributed by atoms with Crippen LogP contribution in [0.25, 0.3) is 0 Å². The first-order chi connectivity index (χ1) is 9.65. The van der Waals surface area contributed by atoms with Crippen LogP contribution in [0.3, 0.4) is 0 Å². The number of amides is 1. The van der Waals surface area contributed by atoms with E-state index in [2.05, 4.69) is 23.8 Å². The van der Waals surface area contributed by atoms with Crippen molar-refractivity contribution >= 4 is 23.4 Å². The Kier molecular flexibility index (Phi) is 5.35. The second kappa shape index (κ2) is 7.02. The van der Waals surface area contributed by atoms with Crippen LogP contribution >= 0.6 is 11.8 Å². The van der Waals surface area contributed by atoms with Crippen LogP contribution in [0.5, 0.6) is 0 Å². The second-order valence-corrected chi connectivity index (χ2v) is 6.42. The molecule has 1 amide bonds. The molecule has 1 saturated carbocycles. The molecule has 0 saturated heterocycles. The number of benzene rings is 1. The molecule has 1 aromatic carbocycles. The zero-order valence-electron chi connectivity index (χ0n) is 12.5. The topological polar surface area (TPSA) is 41.1 Å². The minimum absolute atomic E-state index is 0.0575. The number of rotatable bonds is 5. The van der Waals surface area contributed by atoms with Crippen LogP contribution in [0.2, 0.25) is 0 Å². The van der Waals surface area contributed by atoms with Gasteiger partial charge >= 0.3 is 0 Å². The van der Waals surface area contributed by atoms with Crippen LogP contribution in [0.1, 0.15) is 42.1 Å². The molecule has 2 atom stereocenters. The molecule has 2 rings (SSSR count). The van der Waals surface area contributed by atoms with Gasteiger partial charge in [-0.05, 0) is 56.7 Å². The molecular weight excluding hydrogens is 268 g/mol. The third-order valence-corrected chi connectivity index (χ3v) is 5.10. The second-order valence-electron chi connectivity index (χ2n) is 5.35. The van der Waals surface area contributed by atoms with Crippen LogP contribution < -0.4 is 10.6 Å². The summed E-state index contributed by atoms with van der Waals surface area (Å²) in [7, 11) is 0. The first kappa shape index (κ1) is 15.2. The van der Waals surface area contributed by atoms with Crippen molar-refractivity contribution in [2.75, 3.05) is 18.1 Å². The van der Waals surface area contributed by atoms with Crippen LogP contribution in [-0.4, -0.2) is 30.0 Å². The highest BCUT2D eigenvalue weighted by Gasteiger charge is 2.27. The van der Waals surface area contributed by atoms with E-state index in [9.17, 15) is 4.79 Å². The number of aryl methyl sites for hydroxylation is 1. The SMILES string of the molecule is CCNc1ccc(C(=O)NC2CCCC2SC)cc1C. The largest absolute Gasteiger partial charge is 0.385 e. The Hall–Kier alpha value is -1.16. The summed E-state index contributed by atoms with van der Waals surface area (Å²) in [5, 5.41) is 7.06. The third-order valence-electron chi connectivity index (χ3n) is 3.93. The summed E-state index contributed by atoms with van der Waals surface area (Å²) in [4.78, 5) is 12.3. The van der Waals surface area contributed by atoms with E-state index in [0.29, 0.717) is 11.3 Å². The molecule has 0 aliphatic heterocycles. The van der Waals surface area contributed by atoms with Crippen molar-refractivity contribution in [1.29, 1.82) is 0 Å². The predicted octanol–water partition coefficient (Wildman–Crippen LogP) is 3.44. The van der Waals surface area contributed by atoms with Crippen LogP contribution in [0.4, 0.5) is 5.69 Å². The van der Waals surface area contributed by atoms with Gasteiger partial charge in [0.15, 0.2) is 0 Å². The van der Waals surface area contributed by atoms with Gasteiger partial charge in [-0.2, -0.15) is 11.8 Å². The molecule has 1 fully saturated rings. The monoisotopic (exact) mass is 292 g/mol. The summed E-state index contributed by atoms with van der Waals surface area (Å²) in [6.07, 6.45) is 5.66. The summed E-state index contributed by atoms with van der Waals surface area (Å²) in [5.74, 6) is 0.0575. The average Bonchev–Trinajstić information content (AvgIpc) is 2.88. The van der Waals surface area contributed by atoms with E-state index >= 15 is 0 Å². The fraction of sp³-hybridized carbons (Fsp3) is 0.562. The highest BCUT2D eigenvalue weighted by Crippen LogP contribution is 2.28. The van der Waals surface area contributed by atoms with E-state index in [1.807, 2.05) is 36.9 Å². The lowest BCUT2D eigenvalue weighted by atomic mass is 10.1. The Balaban J connectivity index is 2.04. The molecule has 0 bridgehead atoms. The molecule has 4 heteroatoms.